The molecule has 0 spiro atoms. The maximum absolute atomic E-state index is 5.79. The first-order chi connectivity index (χ1) is 8.65. The van der Waals surface area contributed by atoms with Gasteiger partial charge in [-0.15, -0.1) is 0 Å². The highest BCUT2D eigenvalue weighted by Crippen LogP contribution is 2.15. The maximum atomic E-state index is 5.79. The molecule has 0 aliphatic carbocycles. The molecule has 1 fully saturated rings. The zero-order valence-electron chi connectivity index (χ0n) is 11.6. The fourth-order valence-corrected chi connectivity index (χ4v) is 2.73. The summed E-state index contributed by atoms with van der Waals surface area (Å²) >= 11 is 0. The third kappa shape index (κ3) is 3.72. The van der Waals surface area contributed by atoms with Crippen molar-refractivity contribution < 1.29 is 0 Å². The Labute approximate surface area is 111 Å². The van der Waals surface area contributed by atoms with Crippen LogP contribution in [0.5, 0.6) is 0 Å². The van der Waals surface area contributed by atoms with Gasteiger partial charge in [0, 0.05) is 24.8 Å². The molecule has 1 unspecified atom stereocenters. The van der Waals surface area contributed by atoms with Gasteiger partial charge in [0.1, 0.15) is 0 Å². The van der Waals surface area contributed by atoms with E-state index in [1.165, 1.54) is 31.5 Å². The van der Waals surface area contributed by atoms with Crippen LogP contribution in [0.2, 0.25) is 0 Å². The molecule has 0 amide bonds. The zero-order chi connectivity index (χ0) is 13.0. The number of rotatable bonds is 5. The summed E-state index contributed by atoms with van der Waals surface area (Å²) in [5, 5.41) is 0. The molecule has 3 nitrogen and oxygen atoms in total. The molecule has 0 saturated carbocycles. The van der Waals surface area contributed by atoms with E-state index in [9.17, 15) is 0 Å². The molecule has 1 saturated heterocycles. The number of benzene rings is 1. The van der Waals surface area contributed by atoms with Gasteiger partial charge in [0.15, 0.2) is 0 Å². The highest BCUT2D eigenvalue weighted by atomic mass is 15.2. The Balaban J connectivity index is 1.76. The lowest BCUT2D eigenvalue weighted by Gasteiger charge is -2.25. The quantitative estimate of drug-likeness (QED) is 0.806. The van der Waals surface area contributed by atoms with Crippen molar-refractivity contribution in [2.75, 3.05) is 39.5 Å². The first-order valence-electron chi connectivity index (χ1n) is 6.88. The molecule has 1 aliphatic heterocycles. The van der Waals surface area contributed by atoms with Crippen LogP contribution in [0, 0.1) is 0 Å². The van der Waals surface area contributed by atoms with Gasteiger partial charge in [0.25, 0.3) is 0 Å². The van der Waals surface area contributed by atoms with E-state index in [-0.39, 0.29) is 0 Å². The Bertz CT molecular complexity index is 378. The molecule has 3 heteroatoms. The van der Waals surface area contributed by atoms with E-state index in [4.69, 9.17) is 5.73 Å². The van der Waals surface area contributed by atoms with Gasteiger partial charge < -0.3 is 15.5 Å². The zero-order valence-corrected chi connectivity index (χ0v) is 11.6. The minimum absolute atomic E-state index is 0.746. The summed E-state index contributed by atoms with van der Waals surface area (Å²) in [5.74, 6) is 0. The van der Waals surface area contributed by atoms with E-state index >= 15 is 0 Å². The Morgan fingerprint density at radius 2 is 2.28 bits per heavy atom. The molecule has 1 heterocycles. The number of hydrogen-bond donors (Lipinski definition) is 1. The van der Waals surface area contributed by atoms with Crippen molar-refractivity contribution in [3.63, 3.8) is 0 Å². The van der Waals surface area contributed by atoms with Crippen LogP contribution >= 0.6 is 0 Å². The molecule has 0 radical (unpaired) electrons. The molecule has 1 aromatic rings. The van der Waals surface area contributed by atoms with Crippen LogP contribution in [0.3, 0.4) is 0 Å². The first-order valence-corrected chi connectivity index (χ1v) is 6.88. The van der Waals surface area contributed by atoms with Crippen molar-refractivity contribution in [3.8, 4) is 0 Å². The summed E-state index contributed by atoms with van der Waals surface area (Å²) in [4.78, 5) is 4.92. The van der Waals surface area contributed by atoms with Crippen LogP contribution in [-0.4, -0.2) is 49.6 Å². The van der Waals surface area contributed by atoms with Crippen molar-refractivity contribution in [2.45, 2.75) is 25.3 Å². The third-order valence-electron chi connectivity index (χ3n) is 3.93. The van der Waals surface area contributed by atoms with E-state index in [1.807, 2.05) is 12.1 Å². The van der Waals surface area contributed by atoms with Crippen molar-refractivity contribution >= 4 is 5.69 Å². The number of anilines is 1. The van der Waals surface area contributed by atoms with E-state index in [2.05, 4.69) is 36.0 Å². The number of likely N-dealkylation sites (tertiary alicyclic amines) is 1. The van der Waals surface area contributed by atoms with Crippen LogP contribution in [0.1, 0.15) is 18.4 Å². The number of nitrogen functional groups attached to an aromatic ring is 1. The SMILES string of the molecule is CN(CCc1cccc(N)c1)CC1CCCN1C. The molecule has 1 atom stereocenters. The maximum Gasteiger partial charge on any atom is 0.0316 e. The summed E-state index contributed by atoms with van der Waals surface area (Å²) in [6.45, 7) is 3.54. The van der Waals surface area contributed by atoms with Crippen LogP contribution in [0.15, 0.2) is 24.3 Å². The molecular formula is C15H25N3. The predicted molar refractivity (Wildman–Crippen MR) is 77.7 cm³/mol. The molecule has 2 rings (SSSR count). The summed E-state index contributed by atoms with van der Waals surface area (Å²) < 4.78 is 0. The monoisotopic (exact) mass is 247 g/mol. The molecule has 100 valence electrons. The first kappa shape index (κ1) is 13.4. The smallest absolute Gasteiger partial charge is 0.0316 e. The highest BCUT2D eigenvalue weighted by Gasteiger charge is 2.21. The van der Waals surface area contributed by atoms with Gasteiger partial charge in [0.2, 0.25) is 0 Å². The Morgan fingerprint density at radius 3 is 2.94 bits per heavy atom. The number of likely N-dealkylation sites (N-methyl/N-ethyl adjacent to an activating group) is 2. The van der Waals surface area contributed by atoms with Crippen molar-refractivity contribution in [1.29, 1.82) is 0 Å². The molecule has 1 aliphatic rings. The largest absolute Gasteiger partial charge is 0.399 e. The lowest BCUT2D eigenvalue weighted by Crippen LogP contribution is -2.37. The van der Waals surface area contributed by atoms with Gasteiger partial charge in [-0.3, -0.25) is 0 Å². The van der Waals surface area contributed by atoms with Crippen LogP contribution in [0.4, 0.5) is 5.69 Å². The molecule has 2 N–H and O–H groups in total. The lowest BCUT2D eigenvalue weighted by atomic mass is 10.1. The van der Waals surface area contributed by atoms with Crippen LogP contribution < -0.4 is 5.73 Å². The van der Waals surface area contributed by atoms with Crippen LogP contribution in [0.25, 0.3) is 0 Å². The average Bonchev–Trinajstić information content (AvgIpc) is 2.73. The number of nitrogens with two attached hydrogens (primary N) is 1. The van der Waals surface area contributed by atoms with Gasteiger partial charge in [-0.05, 0) is 57.6 Å². The van der Waals surface area contributed by atoms with E-state index in [1.54, 1.807) is 0 Å². The second kappa shape index (κ2) is 6.21. The summed E-state index contributed by atoms with van der Waals surface area (Å²) in [7, 11) is 4.46. The molecule has 0 aromatic heterocycles. The van der Waals surface area contributed by atoms with E-state index < -0.39 is 0 Å². The predicted octanol–water partition coefficient (Wildman–Crippen LogP) is 1.84. The Kier molecular flexibility index (Phi) is 4.61. The van der Waals surface area contributed by atoms with Gasteiger partial charge in [-0.1, -0.05) is 12.1 Å². The number of hydrogen-bond acceptors (Lipinski definition) is 3. The Hall–Kier alpha value is -1.06. The van der Waals surface area contributed by atoms with E-state index in [0.29, 0.717) is 0 Å². The fourth-order valence-electron chi connectivity index (χ4n) is 2.73. The summed E-state index contributed by atoms with van der Waals surface area (Å²) in [5.41, 5.74) is 8.00. The standard InChI is InChI=1S/C15H25N3/c1-17(12-15-7-4-9-18(15)2)10-8-13-5-3-6-14(16)11-13/h3,5-6,11,15H,4,7-10,12,16H2,1-2H3. The third-order valence-corrected chi connectivity index (χ3v) is 3.93. The average molecular weight is 247 g/mol. The van der Waals surface area contributed by atoms with Crippen molar-refractivity contribution in [2.24, 2.45) is 0 Å². The summed E-state index contributed by atoms with van der Waals surface area (Å²) in [6, 6.07) is 8.97. The molecule has 18 heavy (non-hydrogen) atoms. The fraction of sp³-hybridized carbons (Fsp3) is 0.600. The van der Waals surface area contributed by atoms with Crippen LogP contribution in [-0.2, 0) is 6.42 Å². The second-order valence-corrected chi connectivity index (χ2v) is 5.53. The van der Waals surface area contributed by atoms with E-state index in [0.717, 1.165) is 24.7 Å². The molecular weight excluding hydrogens is 222 g/mol. The Morgan fingerprint density at radius 1 is 1.44 bits per heavy atom. The van der Waals surface area contributed by atoms with Gasteiger partial charge >= 0.3 is 0 Å². The van der Waals surface area contributed by atoms with Gasteiger partial charge in [-0.25, -0.2) is 0 Å². The highest BCUT2D eigenvalue weighted by molar-refractivity contribution is 5.40. The molecule has 0 bridgehead atoms. The number of nitrogens with zero attached hydrogens (tertiary/aromatic N) is 2. The summed E-state index contributed by atoms with van der Waals surface area (Å²) in [6.07, 6.45) is 3.78. The normalized spacial score (nSPS) is 20.7. The lowest BCUT2D eigenvalue weighted by molar-refractivity contribution is 0.221. The van der Waals surface area contributed by atoms with Crippen molar-refractivity contribution in [3.05, 3.63) is 29.8 Å². The minimum atomic E-state index is 0.746. The van der Waals surface area contributed by atoms with Gasteiger partial charge in [0.05, 0.1) is 0 Å². The topological polar surface area (TPSA) is 32.5 Å². The second-order valence-electron chi connectivity index (χ2n) is 5.53. The van der Waals surface area contributed by atoms with Gasteiger partial charge in [-0.2, -0.15) is 0 Å². The molecule has 1 aromatic carbocycles. The van der Waals surface area contributed by atoms with Crippen molar-refractivity contribution in [1.82, 2.24) is 9.80 Å². The minimum Gasteiger partial charge on any atom is -0.399 e.